The van der Waals surface area contributed by atoms with Crippen LogP contribution in [0.4, 0.5) is 8.78 Å². The Bertz CT molecular complexity index is 462. The Morgan fingerprint density at radius 2 is 1.80 bits per heavy atom. The number of rotatable bonds is 4. The maximum absolute atomic E-state index is 14.3. The number of hydrogen-bond acceptors (Lipinski definition) is 2. The second-order valence-electron chi connectivity index (χ2n) is 5.76. The van der Waals surface area contributed by atoms with Gasteiger partial charge in [0.25, 0.3) is 0 Å². The van der Waals surface area contributed by atoms with Crippen LogP contribution in [0.2, 0.25) is 0 Å². The Kier molecular flexibility index (Phi) is 4.38. The van der Waals surface area contributed by atoms with E-state index in [1.165, 1.54) is 25.0 Å². The zero-order valence-electron chi connectivity index (χ0n) is 11.3. The summed E-state index contributed by atoms with van der Waals surface area (Å²) in [5, 5.41) is 3.29. The fourth-order valence-corrected chi connectivity index (χ4v) is 3.39. The van der Waals surface area contributed by atoms with Crippen molar-refractivity contribution >= 4 is 15.9 Å². The first-order valence-corrected chi connectivity index (χ1v) is 8.03. The summed E-state index contributed by atoms with van der Waals surface area (Å²) >= 11 is 3.15. The number of halogens is 3. The molecule has 1 saturated heterocycles. The van der Waals surface area contributed by atoms with Gasteiger partial charge in [0.15, 0.2) is 0 Å². The molecule has 2 fully saturated rings. The van der Waals surface area contributed by atoms with E-state index in [9.17, 15) is 8.78 Å². The van der Waals surface area contributed by atoms with E-state index >= 15 is 0 Å². The number of nitrogens with zero attached hydrogens (tertiary/aromatic N) is 1. The topological polar surface area (TPSA) is 15.3 Å². The van der Waals surface area contributed by atoms with Gasteiger partial charge < -0.3 is 5.32 Å². The fourth-order valence-electron chi connectivity index (χ4n) is 2.98. The second kappa shape index (κ2) is 6.08. The largest absolute Gasteiger partial charge is 0.314 e. The van der Waals surface area contributed by atoms with Crippen molar-refractivity contribution in [1.29, 1.82) is 0 Å². The predicted octanol–water partition coefficient (Wildman–Crippen LogP) is 3.47. The van der Waals surface area contributed by atoms with E-state index in [1.54, 1.807) is 0 Å². The maximum atomic E-state index is 14.3. The maximum Gasteiger partial charge on any atom is 0.132 e. The molecule has 0 bridgehead atoms. The molecule has 1 saturated carbocycles. The predicted molar refractivity (Wildman–Crippen MR) is 78.6 cm³/mol. The molecule has 1 atom stereocenters. The molecule has 1 aromatic rings. The Labute approximate surface area is 126 Å². The van der Waals surface area contributed by atoms with Crippen LogP contribution in [-0.4, -0.2) is 31.1 Å². The van der Waals surface area contributed by atoms with Gasteiger partial charge in [0.05, 0.1) is 0 Å². The lowest BCUT2D eigenvalue weighted by Gasteiger charge is -2.35. The van der Waals surface area contributed by atoms with Gasteiger partial charge in [0.2, 0.25) is 0 Å². The van der Waals surface area contributed by atoms with Crippen LogP contribution in [0.1, 0.15) is 30.9 Å². The molecule has 0 unspecified atom stereocenters. The average Bonchev–Trinajstić information content (AvgIpc) is 3.21. The molecule has 1 aliphatic heterocycles. The van der Waals surface area contributed by atoms with Gasteiger partial charge in [-0.15, -0.1) is 0 Å². The van der Waals surface area contributed by atoms with Crippen LogP contribution < -0.4 is 5.32 Å². The second-order valence-corrected chi connectivity index (χ2v) is 6.68. The molecular formula is C15H19BrF2N2. The first-order valence-electron chi connectivity index (χ1n) is 7.24. The molecule has 2 nitrogen and oxygen atoms in total. The number of nitrogens with one attached hydrogen (secondary N) is 1. The third kappa shape index (κ3) is 3.21. The van der Waals surface area contributed by atoms with Gasteiger partial charge in [-0.05, 0) is 24.5 Å². The van der Waals surface area contributed by atoms with Crippen molar-refractivity contribution in [2.45, 2.75) is 25.3 Å². The minimum Gasteiger partial charge on any atom is -0.314 e. The zero-order chi connectivity index (χ0) is 14.1. The monoisotopic (exact) mass is 344 g/mol. The van der Waals surface area contributed by atoms with E-state index < -0.39 is 11.6 Å². The fraction of sp³-hybridized carbons (Fsp3) is 0.600. The van der Waals surface area contributed by atoms with E-state index in [4.69, 9.17) is 0 Å². The average molecular weight is 345 g/mol. The summed E-state index contributed by atoms with van der Waals surface area (Å²) in [6.07, 6.45) is 3.26. The lowest BCUT2D eigenvalue weighted by molar-refractivity contribution is 0.154. The lowest BCUT2D eigenvalue weighted by Crippen LogP contribution is -2.45. The molecule has 0 radical (unpaired) electrons. The van der Waals surface area contributed by atoms with E-state index in [-0.39, 0.29) is 11.6 Å². The molecule has 1 aromatic carbocycles. The van der Waals surface area contributed by atoms with E-state index in [2.05, 4.69) is 26.1 Å². The quantitative estimate of drug-likeness (QED) is 0.899. The lowest BCUT2D eigenvalue weighted by atomic mass is 9.97. The van der Waals surface area contributed by atoms with Gasteiger partial charge in [-0.3, -0.25) is 4.90 Å². The SMILES string of the molecule is Fc1cc(Br)cc(F)c1[C@H](CC1CC1)N1CCNCC1. The first-order chi connectivity index (χ1) is 9.65. The van der Waals surface area contributed by atoms with Gasteiger partial charge >= 0.3 is 0 Å². The molecular weight excluding hydrogens is 326 g/mol. The van der Waals surface area contributed by atoms with E-state index in [0.29, 0.717) is 10.4 Å². The highest BCUT2D eigenvalue weighted by molar-refractivity contribution is 9.10. The van der Waals surface area contributed by atoms with Crippen LogP contribution >= 0.6 is 15.9 Å². The molecule has 1 heterocycles. The summed E-state index contributed by atoms with van der Waals surface area (Å²) < 4.78 is 29.0. The van der Waals surface area contributed by atoms with Crippen molar-refractivity contribution in [2.75, 3.05) is 26.2 Å². The molecule has 110 valence electrons. The van der Waals surface area contributed by atoms with Crippen LogP contribution in [0, 0.1) is 17.6 Å². The highest BCUT2D eigenvalue weighted by atomic mass is 79.9. The third-order valence-electron chi connectivity index (χ3n) is 4.22. The number of hydrogen-bond donors (Lipinski definition) is 1. The molecule has 1 aliphatic carbocycles. The summed E-state index contributed by atoms with van der Waals surface area (Å²) in [7, 11) is 0. The standard InChI is InChI=1S/C15H19BrF2N2/c16-11-8-12(17)15(13(18)9-11)14(7-10-1-2-10)20-5-3-19-4-6-20/h8-10,14,19H,1-7H2/t14-/m0/s1. The minimum absolute atomic E-state index is 0.127. The summed E-state index contributed by atoms with van der Waals surface area (Å²) in [5.74, 6) is -0.223. The highest BCUT2D eigenvalue weighted by Crippen LogP contribution is 2.41. The van der Waals surface area contributed by atoms with Crippen molar-refractivity contribution < 1.29 is 8.78 Å². The van der Waals surface area contributed by atoms with Gasteiger partial charge in [0, 0.05) is 42.3 Å². The van der Waals surface area contributed by atoms with Crippen molar-refractivity contribution in [1.82, 2.24) is 10.2 Å². The Morgan fingerprint density at radius 1 is 1.20 bits per heavy atom. The molecule has 2 aliphatic rings. The van der Waals surface area contributed by atoms with E-state index in [1.807, 2.05) is 0 Å². The van der Waals surface area contributed by atoms with Gasteiger partial charge in [0.1, 0.15) is 11.6 Å². The van der Waals surface area contributed by atoms with Crippen molar-refractivity contribution in [3.05, 3.63) is 33.8 Å². The minimum atomic E-state index is -0.430. The molecule has 0 amide bonds. The Morgan fingerprint density at radius 3 is 2.35 bits per heavy atom. The smallest absolute Gasteiger partial charge is 0.132 e. The van der Waals surface area contributed by atoms with Crippen LogP contribution in [0.5, 0.6) is 0 Å². The van der Waals surface area contributed by atoms with Gasteiger partial charge in [-0.2, -0.15) is 0 Å². The van der Waals surface area contributed by atoms with Gasteiger partial charge in [-0.25, -0.2) is 8.78 Å². The zero-order valence-corrected chi connectivity index (χ0v) is 12.9. The van der Waals surface area contributed by atoms with Gasteiger partial charge in [-0.1, -0.05) is 28.8 Å². The van der Waals surface area contributed by atoms with Crippen LogP contribution in [0.25, 0.3) is 0 Å². The van der Waals surface area contributed by atoms with Crippen molar-refractivity contribution in [3.63, 3.8) is 0 Å². The summed E-state index contributed by atoms with van der Waals surface area (Å²) in [4.78, 5) is 2.23. The highest BCUT2D eigenvalue weighted by Gasteiger charge is 2.33. The van der Waals surface area contributed by atoms with Crippen LogP contribution in [0.3, 0.4) is 0 Å². The van der Waals surface area contributed by atoms with Crippen LogP contribution in [-0.2, 0) is 0 Å². The van der Waals surface area contributed by atoms with Crippen molar-refractivity contribution in [3.8, 4) is 0 Å². The molecule has 0 spiro atoms. The Balaban J connectivity index is 1.91. The van der Waals surface area contributed by atoms with E-state index in [0.717, 1.165) is 32.6 Å². The number of piperazine rings is 1. The van der Waals surface area contributed by atoms with Crippen molar-refractivity contribution in [2.24, 2.45) is 5.92 Å². The molecule has 5 heteroatoms. The molecule has 20 heavy (non-hydrogen) atoms. The number of benzene rings is 1. The normalized spacial score (nSPS) is 21.9. The summed E-state index contributed by atoms with van der Waals surface area (Å²) in [5.41, 5.74) is 0.252. The third-order valence-corrected chi connectivity index (χ3v) is 4.68. The summed E-state index contributed by atoms with van der Waals surface area (Å²) in [6.45, 7) is 3.49. The molecule has 0 aromatic heterocycles. The Hall–Kier alpha value is -0.520. The molecule has 1 N–H and O–H groups in total. The molecule has 3 rings (SSSR count). The van der Waals surface area contributed by atoms with Crippen LogP contribution in [0.15, 0.2) is 16.6 Å². The summed E-state index contributed by atoms with van der Waals surface area (Å²) in [6, 6.07) is 2.62. The first kappa shape index (κ1) is 14.4.